The number of cyclic esters (lactones) is 1. The lowest BCUT2D eigenvalue weighted by Gasteiger charge is -2.37. The van der Waals surface area contributed by atoms with Gasteiger partial charge in [-0.3, -0.25) is 19.6 Å². The Kier molecular flexibility index (Phi) is 6.11. The number of aliphatic imine (C=N–C) groups is 1. The molecule has 2 unspecified atom stereocenters. The number of hydrogen-bond acceptors (Lipinski definition) is 8. The van der Waals surface area contributed by atoms with Gasteiger partial charge in [0.25, 0.3) is 0 Å². The molecule has 0 saturated carbocycles. The lowest BCUT2D eigenvalue weighted by Crippen LogP contribution is -2.48. The van der Waals surface area contributed by atoms with Crippen LogP contribution in [-0.4, -0.2) is 72.1 Å². The Morgan fingerprint density at radius 1 is 1.06 bits per heavy atom. The van der Waals surface area contributed by atoms with E-state index in [2.05, 4.69) is 14.8 Å². The smallest absolute Gasteiger partial charge is 0.340 e. The monoisotopic (exact) mass is 449 g/mol. The molecule has 1 aliphatic carbocycles. The van der Waals surface area contributed by atoms with Crippen molar-refractivity contribution in [1.82, 2.24) is 9.80 Å². The Hall–Kier alpha value is -3.23. The van der Waals surface area contributed by atoms with Crippen molar-refractivity contribution in [2.24, 2.45) is 4.99 Å². The summed E-state index contributed by atoms with van der Waals surface area (Å²) in [5.41, 5.74) is 1.91. The first-order chi connectivity index (χ1) is 16.1. The highest BCUT2D eigenvalue weighted by Crippen LogP contribution is 2.34. The molecule has 5 rings (SSSR count). The summed E-state index contributed by atoms with van der Waals surface area (Å²) in [4.78, 5) is 33.5. The number of ketones is 1. The highest BCUT2D eigenvalue weighted by atomic mass is 16.6. The van der Waals surface area contributed by atoms with Crippen LogP contribution in [0.2, 0.25) is 0 Å². The lowest BCUT2D eigenvalue weighted by molar-refractivity contribution is -0.116. The molecule has 1 aromatic carbocycles. The molecule has 1 N–H and O–H groups in total. The molecule has 1 aromatic heterocycles. The van der Waals surface area contributed by atoms with Crippen LogP contribution in [0.15, 0.2) is 63.4 Å². The highest BCUT2D eigenvalue weighted by molar-refractivity contribution is 6.14. The first-order valence-electron chi connectivity index (χ1n) is 11.3. The van der Waals surface area contributed by atoms with Crippen molar-refractivity contribution < 1.29 is 23.8 Å². The van der Waals surface area contributed by atoms with Crippen molar-refractivity contribution in [3.63, 3.8) is 0 Å². The fourth-order valence-corrected chi connectivity index (χ4v) is 4.76. The normalized spacial score (nSPS) is 24.5. The number of carbonyl (C=O) groups excluding carboxylic acids is 2. The van der Waals surface area contributed by atoms with Crippen LogP contribution in [-0.2, 0) is 9.53 Å². The van der Waals surface area contributed by atoms with Crippen LogP contribution in [0.5, 0.6) is 0 Å². The molecule has 1 fully saturated rings. The molecule has 33 heavy (non-hydrogen) atoms. The number of benzene rings is 1. The molecule has 0 bridgehead atoms. The average molecular weight is 450 g/mol. The van der Waals surface area contributed by atoms with Gasteiger partial charge in [-0.1, -0.05) is 18.2 Å². The Morgan fingerprint density at radius 3 is 2.64 bits per heavy atom. The number of carbonyl (C=O) groups is 2. The Morgan fingerprint density at radius 2 is 1.88 bits per heavy atom. The second kappa shape index (κ2) is 9.33. The van der Waals surface area contributed by atoms with Crippen LogP contribution in [0, 0.1) is 0 Å². The van der Waals surface area contributed by atoms with Crippen LogP contribution in [0.1, 0.15) is 46.7 Å². The second-order valence-corrected chi connectivity index (χ2v) is 8.66. The third kappa shape index (κ3) is 4.49. The van der Waals surface area contributed by atoms with E-state index in [9.17, 15) is 14.7 Å². The number of rotatable bonds is 6. The Labute approximate surface area is 192 Å². The quantitative estimate of drug-likeness (QED) is 0.535. The van der Waals surface area contributed by atoms with E-state index in [4.69, 9.17) is 9.15 Å². The van der Waals surface area contributed by atoms with E-state index in [1.54, 1.807) is 12.3 Å². The number of Topliss-reactive ketones (excluding diaryl/α,β-unsaturated/α-hetero) is 1. The van der Waals surface area contributed by atoms with Gasteiger partial charge in [0.2, 0.25) is 0 Å². The number of furan rings is 1. The molecule has 3 heterocycles. The topological polar surface area (TPSA) is 95.6 Å². The van der Waals surface area contributed by atoms with E-state index in [0.29, 0.717) is 30.5 Å². The number of aliphatic hydroxyl groups excluding tert-OH is 1. The largest absolute Gasteiger partial charge is 0.511 e. The molecule has 1 saturated heterocycles. The number of allylic oxidation sites excluding steroid dienone is 2. The number of hydrogen-bond donors (Lipinski definition) is 1. The summed E-state index contributed by atoms with van der Waals surface area (Å²) in [6.45, 7) is 4.62. The van der Waals surface area contributed by atoms with Gasteiger partial charge in [0, 0.05) is 63.3 Å². The summed E-state index contributed by atoms with van der Waals surface area (Å²) >= 11 is 0. The number of esters is 1. The molecular weight excluding hydrogens is 422 g/mol. The zero-order valence-electron chi connectivity index (χ0n) is 18.4. The lowest BCUT2D eigenvalue weighted by atomic mass is 9.86. The molecule has 172 valence electrons. The van der Waals surface area contributed by atoms with Crippen molar-refractivity contribution in [1.29, 1.82) is 0 Å². The van der Waals surface area contributed by atoms with Gasteiger partial charge in [-0.2, -0.15) is 0 Å². The predicted molar refractivity (Wildman–Crippen MR) is 121 cm³/mol. The Balaban J connectivity index is 1.10. The molecule has 2 aliphatic heterocycles. The maximum atomic E-state index is 12.5. The average Bonchev–Trinajstić information content (AvgIpc) is 3.47. The summed E-state index contributed by atoms with van der Waals surface area (Å²) in [5, 5.41) is 10.4. The maximum absolute atomic E-state index is 12.5. The zero-order chi connectivity index (χ0) is 22.8. The summed E-state index contributed by atoms with van der Waals surface area (Å²) in [5.74, 6) is 0.325. The first-order valence-corrected chi connectivity index (χ1v) is 11.3. The fourth-order valence-electron chi connectivity index (χ4n) is 4.76. The van der Waals surface area contributed by atoms with Crippen molar-refractivity contribution in [2.75, 3.05) is 39.3 Å². The van der Waals surface area contributed by atoms with Crippen molar-refractivity contribution in [3.8, 4) is 0 Å². The van der Waals surface area contributed by atoms with Gasteiger partial charge in [-0.05, 0) is 18.2 Å². The first kappa shape index (κ1) is 21.6. The highest BCUT2D eigenvalue weighted by Gasteiger charge is 2.36. The van der Waals surface area contributed by atoms with Gasteiger partial charge in [0.15, 0.2) is 12.0 Å². The standard InChI is InChI=1S/C25H27N3O5/c29-21-14-17(23-6-3-13-32-23)15-22(30)20(21)16-26-7-8-27-9-11-28(12-10-27)24-18-4-1-2-5-19(18)25(31)33-24/h1-6,13,16-17,24,29H,7-12,14-15H2. The van der Waals surface area contributed by atoms with Crippen LogP contribution in [0.4, 0.5) is 0 Å². The number of aliphatic hydroxyl groups is 1. The summed E-state index contributed by atoms with van der Waals surface area (Å²) in [7, 11) is 0. The predicted octanol–water partition coefficient (Wildman–Crippen LogP) is 3.10. The van der Waals surface area contributed by atoms with E-state index in [1.807, 2.05) is 30.3 Å². The molecule has 2 atom stereocenters. The van der Waals surface area contributed by atoms with Gasteiger partial charge in [0.1, 0.15) is 11.5 Å². The minimum absolute atomic E-state index is 0.0800. The third-order valence-corrected chi connectivity index (χ3v) is 6.60. The fraction of sp³-hybridized carbons (Fsp3) is 0.400. The molecular formula is C25H27N3O5. The summed E-state index contributed by atoms with van der Waals surface area (Å²) in [6, 6.07) is 11.2. The molecule has 8 nitrogen and oxygen atoms in total. The Bertz CT molecular complexity index is 1080. The third-order valence-electron chi connectivity index (χ3n) is 6.60. The van der Waals surface area contributed by atoms with Gasteiger partial charge < -0.3 is 14.3 Å². The minimum Gasteiger partial charge on any atom is -0.511 e. The summed E-state index contributed by atoms with van der Waals surface area (Å²) < 4.78 is 11.0. The summed E-state index contributed by atoms with van der Waals surface area (Å²) in [6.07, 6.45) is 3.50. The molecule has 3 aliphatic rings. The van der Waals surface area contributed by atoms with E-state index in [0.717, 1.165) is 44.0 Å². The van der Waals surface area contributed by atoms with E-state index in [1.165, 1.54) is 6.21 Å². The minimum atomic E-state index is -0.300. The number of nitrogens with zero attached hydrogens (tertiary/aromatic N) is 3. The number of fused-ring (bicyclic) bond motifs is 1. The van der Waals surface area contributed by atoms with E-state index >= 15 is 0 Å². The number of ether oxygens (including phenoxy) is 1. The maximum Gasteiger partial charge on any atom is 0.340 e. The van der Waals surface area contributed by atoms with Crippen LogP contribution in [0.25, 0.3) is 0 Å². The van der Waals surface area contributed by atoms with Crippen LogP contribution >= 0.6 is 0 Å². The van der Waals surface area contributed by atoms with Crippen molar-refractivity contribution >= 4 is 18.0 Å². The van der Waals surface area contributed by atoms with E-state index < -0.39 is 0 Å². The van der Waals surface area contributed by atoms with Crippen LogP contribution < -0.4 is 0 Å². The van der Waals surface area contributed by atoms with Crippen LogP contribution in [0.3, 0.4) is 0 Å². The van der Waals surface area contributed by atoms with Crippen molar-refractivity contribution in [2.45, 2.75) is 25.0 Å². The van der Waals surface area contributed by atoms with Gasteiger partial charge in [0.05, 0.1) is 23.9 Å². The number of piperazine rings is 1. The molecule has 0 spiro atoms. The van der Waals surface area contributed by atoms with Gasteiger partial charge >= 0.3 is 5.97 Å². The van der Waals surface area contributed by atoms with E-state index in [-0.39, 0.29) is 29.7 Å². The molecule has 0 amide bonds. The second-order valence-electron chi connectivity index (χ2n) is 8.66. The zero-order valence-corrected chi connectivity index (χ0v) is 18.4. The van der Waals surface area contributed by atoms with Gasteiger partial charge in [-0.25, -0.2) is 4.79 Å². The SMILES string of the molecule is O=C1CC(c2ccco2)CC(O)=C1C=NCCN1CCN(C2OC(=O)c3ccccc32)CC1. The molecule has 2 aromatic rings. The van der Waals surface area contributed by atoms with Gasteiger partial charge in [-0.15, -0.1) is 0 Å². The van der Waals surface area contributed by atoms with Crippen molar-refractivity contribution in [3.05, 3.63) is 70.9 Å². The molecule has 8 heteroatoms. The molecule has 0 radical (unpaired) electrons.